The number of aromatic hydroxyl groups is 1. The molecular formula is C16H18O2. The lowest BCUT2D eigenvalue weighted by atomic mass is 9.82. The van der Waals surface area contributed by atoms with Crippen molar-refractivity contribution in [3.05, 3.63) is 42.0 Å². The second kappa shape index (κ2) is 4.62. The Kier molecular flexibility index (Phi) is 2.96. The summed E-state index contributed by atoms with van der Waals surface area (Å²) < 4.78 is 0. The van der Waals surface area contributed by atoms with Gasteiger partial charge in [-0.05, 0) is 53.6 Å². The topological polar surface area (TPSA) is 40.5 Å². The Hall–Kier alpha value is -1.54. The Morgan fingerprint density at radius 3 is 2.56 bits per heavy atom. The van der Waals surface area contributed by atoms with Gasteiger partial charge < -0.3 is 10.2 Å². The maximum atomic E-state index is 9.76. The molecule has 2 nitrogen and oxygen atoms in total. The highest BCUT2D eigenvalue weighted by Gasteiger charge is 2.21. The molecule has 0 aliphatic heterocycles. The van der Waals surface area contributed by atoms with Crippen LogP contribution < -0.4 is 0 Å². The van der Waals surface area contributed by atoms with E-state index >= 15 is 0 Å². The van der Waals surface area contributed by atoms with Gasteiger partial charge in [0.05, 0.1) is 6.10 Å². The zero-order valence-corrected chi connectivity index (χ0v) is 10.3. The molecule has 0 saturated heterocycles. The number of phenols is 1. The average molecular weight is 242 g/mol. The molecule has 2 unspecified atom stereocenters. The normalized spacial score (nSPS) is 24.3. The summed E-state index contributed by atoms with van der Waals surface area (Å²) in [7, 11) is 0. The van der Waals surface area contributed by atoms with Crippen molar-refractivity contribution in [3.8, 4) is 5.75 Å². The smallest absolute Gasteiger partial charge is 0.116 e. The van der Waals surface area contributed by atoms with E-state index < -0.39 is 0 Å². The molecular weight excluding hydrogens is 224 g/mol. The second-order valence-corrected chi connectivity index (χ2v) is 5.31. The average Bonchev–Trinajstić information content (AvgIpc) is 2.38. The summed E-state index contributed by atoms with van der Waals surface area (Å²) in [6, 6.07) is 11.8. The molecule has 3 rings (SSSR count). The van der Waals surface area contributed by atoms with E-state index in [-0.39, 0.29) is 6.10 Å². The van der Waals surface area contributed by atoms with Crippen molar-refractivity contribution in [1.82, 2.24) is 0 Å². The SMILES string of the molecule is Oc1ccc2cc(C3CCCC(O)C3)ccc2c1. The Labute approximate surface area is 107 Å². The predicted octanol–water partition coefficient (Wildman–Crippen LogP) is 3.56. The van der Waals surface area contributed by atoms with E-state index in [0.29, 0.717) is 11.7 Å². The molecule has 2 aromatic rings. The molecule has 1 fully saturated rings. The van der Waals surface area contributed by atoms with E-state index in [9.17, 15) is 10.2 Å². The van der Waals surface area contributed by atoms with Crippen LogP contribution in [0.25, 0.3) is 10.8 Å². The van der Waals surface area contributed by atoms with Crippen LogP contribution in [0.1, 0.15) is 37.2 Å². The fourth-order valence-electron chi connectivity index (χ4n) is 2.97. The first-order valence-corrected chi connectivity index (χ1v) is 6.63. The minimum absolute atomic E-state index is 0.140. The molecule has 18 heavy (non-hydrogen) atoms. The lowest BCUT2D eigenvalue weighted by Crippen LogP contribution is -2.18. The quantitative estimate of drug-likeness (QED) is 0.802. The van der Waals surface area contributed by atoms with Crippen molar-refractivity contribution in [2.45, 2.75) is 37.7 Å². The zero-order valence-electron chi connectivity index (χ0n) is 10.3. The minimum atomic E-state index is -0.140. The molecule has 2 heteroatoms. The summed E-state index contributed by atoms with van der Waals surface area (Å²) in [5.41, 5.74) is 1.31. The summed E-state index contributed by atoms with van der Waals surface area (Å²) in [6.07, 6.45) is 3.96. The van der Waals surface area contributed by atoms with Gasteiger partial charge >= 0.3 is 0 Å². The van der Waals surface area contributed by atoms with Crippen LogP contribution in [0.5, 0.6) is 5.75 Å². The van der Waals surface area contributed by atoms with Gasteiger partial charge in [0, 0.05) is 0 Å². The van der Waals surface area contributed by atoms with E-state index in [1.54, 1.807) is 12.1 Å². The highest BCUT2D eigenvalue weighted by Crippen LogP contribution is 2.34. The fraction of sp³-hybridized carbons (Fsp3) is 0.375. The highest BCUT2D eigenvalue weighted by atomic mass is 16.3. The van der Waals surface area contributed by atoms with Crippen molar-refractivity contribution in [3.63, 3.8) is 0 Å². The molecule has 0 bridgehead atoms. The number of rotatable bonds is 1. The largest absolute Gasteiger partial charge is 0.508 e. The van der Waals surface area contributed by atoms with Gasteiger partial charge in [0.2, 0.25) is 0 Å². The van der Waals surface area contributed by atoms with E-state index in [0.717, 1.165) is 30.0 Å². The van der Waals surface area contributed by atoms with Crippen LogP contribution in [-0.4, -0.2) is 16.3 Å². The number of phenolic OH excluding ortho intramolecular Hbond substituents is 1. The van der Waals surface area contributed by atoms with Gasteiger partial charge in [-0.1, -0.05) is 30.7 Å². The molecule has 0 spiro atoms. The van der Waals surface area contributed by atoms with Crippen LogP contribution in [-0.2, 0) is 0 Å². The number of benzene rings is 2. The fourth-order valence-corrected chi connectivity index (χ4v) is 2.97. The lowest BCUT2D eigenvalue weighted by molar-refractivity contribution is 0.119. The Balaban J connectivity index is 1.95. The van der Waals surface area contributed by atoms with Crippen LogP contribution >= 0.6 is 0 Å². The van der Waals surface area contributed by atoms with Crippen LogP contribution in [0.2, 0.25) is 0 Å². The predicted molar refractivity (Wildman–Crippen MR) is 72.8 cm³/mol. The maximum absolute atomic E-state index is 9.76. The molecule has 0 aromatic heterocycles. The molecule has 94 valence electrons. The molecule has 2 aromatic carbocycles. The molecule has 0 radical (unpaired) electrons. The summed E-state index contributed by atoms with van der Waals surface area (Å²) >= 11 is 0. The van der Waals surface area contributed by atoms with Gasteiger partial charge in [-0.15, -0.1) is 0 Å². The third-order valence-corrected chi connectivity index (χ3v) is 3.97. The van der Waals surface area contributed by atoms with E-state index in [2.05, 4.69) is 18.2 Å². The van der Waals surface area contributed by atoms with Crippen molar-refractivity contribution in [2.24, 2.45) is 0 Å². The second-order valence-electron chi connectivity index (χ2n) is 5.31. The Bertz CT molecular complexity index is 562. The summed E-state index contributed by atoms with van der Waals surface area (Å²) in [6.45, 7) is 0. The van der Waals surface area contributed by atoms with Crippen LogP contribution in [0.3, 0.4) is 0 Å². The van der Waals surface area contributed by atoms with Gasteiger partial charge in [-0.3, -0.25) is 0 Å². The number of aliphatic hydroxyl groups is 1. The number of fused-ring (bicyclic) bond motifs is 1. The van der Waals surface area contributed by atoms with E-state index in [4.69, 9.17) is 0 Å². The molecule has 0 heterocycles. The van der Waals surface area contributed by atoms with Crippen LogP contribution in [0, 0.1) is 0 Å². The third kappa shape index (κ3) is 2.21. The van der Waals surface area contributed by atoms with Gasteiger partial charge in [0.15, 0.2) is 0 Å². The first-order valence-electron chi connectivity index (χ1n) is 6.63. The zero-order chi connectivity index (χ0) is 12.5. The summed E-state index contributed by atoms with van der Waals surface area (Å²) in [4.78, 5) is 0. The van der Waals surface area contributed by atoms with Crippen molar-refractivity contribution in [1.29, 1.82) is 0 Å². The van der Waals surface area contributed by atoms with Gasteiger partial charge in [-0.2, -0.15) is 0 Å². The maximum Gasteiger partial charge on any atom is 0.116 e. The highest BCUT2D eigenvalue weighted by molar-refractivity contribution is 5.84. The third-order valence-electron chi connectivity index (χ3n) is 3.97. The van der Waals surface area contributed by atoms with Gasteiger partial charge in [0.25, 0.3) is 0 Å². The lowest BCUT2D eigenvalue weighted by Gasteiger charge is -2.26. The molecule has 1 aliphatic carbocycles. The van der Waals surface area contributed by atoms with Crippen molar-refractivity contribution in [2.75, 3.05) is 0 Å². The molecule has 1 aliphatic rings. The first kappa shape index (κ1) is 11.5. The molecule has 0 amide bonds. The number of hydrogen-bond donors (Lipinski definition) is 2. The number of aliphatic hydroxyl groups excluding tert-OH is 1. The molecule has 1 saturated carbocycles. The Morgan fingerprint density at radius 2 is 1.72 bits per heavy atom. The van der Waals surface area contributed by atoms with Crippen molar-refractivity contribution < 1.29 is 10.2 Å². The molecule has 2 N–H and O–H groups in total. The van der Waals surface area contributed by atoms with Crippen LogP contribution in [0.4, 0.5) is 0 Å². The summed E-state index contributed by atoms with van der Waals surface area (Å²) in [5.74, 6) is 0.787. The van der Waals surface area contributed by atoms with Gasteiger partial charge in [0.1, 0.15) is 5.75 Å². The summed E-state index contributed by atoms with van der Waals surface area (Å²) in [5, 5.41) is 21.4. The van der Waals surface area contributed by atoms with E-state index in [1.807, 2.05) is 6.07 Å². The first-order chi connectivity index (χ1) is 8.72. The monoisotopic (exact) mass is 242 g/mol. The van der Waals surface area contributed by atoms with E-state index in [1.165, 1.54) is 12.0 Å². The van der Waals surface area contributed by atoms with Crippen LogP contribution in [0.15, 0.2) is 36.4 Å². The molecule has 2 atom stereocenters. The van der Waals surface area contributed by atoms with Gasteiger partial charge in [-0.25, -0.2) is 0 Å². The minimum Gasteiger partial charge on any atom is -0.508 e. The van der Waals surface area contributed by atoms with Crippen molar-refractivity contribution >= 4 is 10.8 Å². The standard InChI is InChI=1S/C16H18O2/c17-15-3-1-2-11(9-15)12-4-5-14-10-16(18)7-6-13(14)8-12/h4-8,10-11,15,17-18H,1-3,9H2. The Morgan fingerprint density at radius 1 is 0.944 bits per heavy atom. The number of hydrogen-bond acceptors (Lipinski definition) is 2.